The summed E-state index contributed by atoms with van der Waals surface area (Å²) >= 11 is 1.43. The Labute approximate surface area is 132 Å². The third kappa shape index (κ3) is 3.01. The summed E-state index contributed by atoms with van der Waals surface area (Å²) in [6, 6.07) is 5.33. The number of hydrogen-bond donors (Lipinski definition) is 2. The highest BCUT2D eigenvalue weighted by atomic mass is 32.1. The molecule has 2 N–H and O–H groups in total. The number of hydrogen-bond acceptors (Lipinski definition) is 4. The van der Waals surface area contributed by atoms with E-state index in [-0.39, 0.29) is 11.8 Å². The molecule has 0 spiro atoms. The molecule has 2 amide bonds. The lowest BCUT2D eigenvalue weighted by molar-refractivity contribution is -0.116. The van der Waals surface area contributed by atoms with Gasteiger partial charge in [-0.05, 0) is 36.1 Å². The van der Waals surface area contributed by atoms with Gasteiger partial charge in [-0.15, -0.1) is 11.3 Å². The molecule has 3 rings (SSSR count). The summed E-state index contributed by atoms with van der Waals surface area (Å²) in [7, 11) is 0. The number of nitrogens with zero attached hydrogens (tertiary/aromatic N) is 1. The molecule has 0 bridgehead atoms. The zero-order valence-electron chi connectivity index (χ0n) is 12.5. The fourth-order valence-corrected chi connectivity index (χ4v) is 3.17. The van der Waals surface area contributed by atoms with Crippen LogP contribution >= 0.6 is 11.3 Å². The molecule has 0 saturated carbocycles. The minimum atomic E-state index is -0.177. The zero-order chi connectivity index (χ0) is 15.7. The molecule has 114 valence electrons. The van der Waals surface area contributed by atoms with Crippen LogP contribution in [0, 0.1) is 0 Å². The number of nitrogens with one attached hydrogen (secondary N) is 2. The third-order valence-electron chi connectivity index (χ3n) is 3.60. The second-order valence-electron chi connectivity index (χ2n) is 5.61. The van der Waals surface area contributed by atoms with Gasteiger partial charge < -0.3 is 5.32 Å². The van der Waals surface area contributed by atoms with Gasteiger partial charge in [0.2, 0.25) is 5.91 Å². The summed E-state index contributed by atoms with van der Waals surface area (Å²) in [5, 5.41) is 8.21. The van der Waals surface area contributed by atoms with Crippen molar-refractivity contribution in [3.8, 4) is 0 Å². The van der Waals surface area contributed by atoms with Crippen LogP contribution in [-0.2, 0) is 11.2 Å². The van der Waals surface area contributed by atoms with Gasteiger partial charge in [0.1, 0.15) is 0 Å². The molecule has 0 atom stereocenters. The first-order valence-corrected chi connectivity index (χ1v) is 8.10. The summed E-state index contributed by atoms with van der Waals surface area (Å²) in [6.45, 7) is 4.14. The van der Waals surface area contributed by atoms with E-state index in [2.05, 4.69) is 29.5 Å². The maximum Gasteiger partial charge on any atom is 0.257 e. The van der Waals surface area contributed by atoms with E-state index in [4.69, 9.17) is 0 Å². The van der Waals surface area contributed by atoms with E-state index in [1.54, 1.807) is 12.1 Å². The van der Waals surface area contributed by atoms with Crippen molar-refractivity contribution < 1.29 is 9.59 Å². The topological polar surface area (TPSA) is 71.1 Å². The van der Waals surface area contributed by atoms with Gasteiger partial charge >= 0.3 is 0 Å². The number of carbonyl (C=O) groups is 2. The maximum absolute atomic E-state index is 12.3. The number of thiazole rings is 1. The van der Waals surface area contributed by atoms with Crippen LogP contribution in [0.2, 0.25) is 0 Å². The van der Waals surface area contributed by atoms with Gasteiger partial charge in [-0.2, -0.15) is 0 Å². The van der Waals surface area contributed by atoms with E-state index in [1.807, 2.05) is 11.4 Å². The molecule has 0 saturated heterocycles. The Bertz CT molecular complexity index is 737. The highest BCUT2D eigenvalue weighted by molar-refractivity contribution is 7.14. The predicted molar refractivity (Wildman–Crippen MR) is 87.5 cm³/mol. The molecule has 6 heteroatoms. The monoisotopic (exact) mass is 315 g/mol. The number of aromatic nitrogens is 1. The van der Waals surface area contributed by atoms with E-state index in [1.165, 1.54) is 11.3 Å². The van der Waals surface area contributed by atoms with Crippen LogP contribution in [0.1, 0.15) is 47.8 Å². The van der Waals surface area contributed by atoms with E-state index >= 15 is 0 Å². The Morgan fingerprint density at radius 1 is 1.36 bits per heavy atom. The predicted octanol–water partition coefficient (Wildman–Crippen LogP) is 3.40. The van der Waals surface area contributed by atoms with Crippen molar-refractivity contribution in [2.24, 2.45) is 0 Å². The molecule has 1 aromatic carbocycles. The largest absolute Gasteiger partial charge is 0.326 e. The van der Waals surface area contributed by atoms with Gasteiger partial charge in [0.25, 0.3) is 5.91 Å². The summed E-state index contributed by atoms with van der Waals surface area (Å²) in [4.78, 5) is 28.1. The quantitative estimate of drug-likeness (QED) is 0.912. The van der Waals surface area contributed by atoms with Crippen molar-refractivity contribution in [1.29, 1.82) is 0 Å². The second-order valence-corrected chi connectivity index (χ2v) is 6.46. The smallest absolute Gasteiger partial charge is 0.257 e. The lowest BCUT2D eigenvalue weighted by Crippen LogP contribution is -2.20. The van der Waals surface area contributed by atoms with Gasteiger partial charge in [-0.3, -0.25) is 14.9 Å². The van der Waals surface area contributed by atoms with Crippen LogP contribution < -0.4 is 10.6 Å². The molecule has 2 heterocycles. The average molecular weight is 315 g/mol. The molecule has 2 aromatic rings. The Hall–Kier alpha value is -2.21. The highest BCUT2D eigenvalue weighted by Crippen LogP contribution is 2.25. The van der Waals surface area contributed by atoms with Gasteiger partial charge in [0, 0.05) is 23.1 Å². The van der Waals surface area contributed by atoms with Gasteiger partial charge in [-0.1, -0.05) is 13.8 Å². The van der Waals surface area contributed by atoms with E-state index in [9.17, 15) is 9.59 Å². The summed E-state index contributed by atoms with van der Waals surface area (Å²) in [5.74, 6) is 0.187. The molecule has 1 aliphatic rings. The molecule has 1 aliphatic heterocycles. The Morgan fingerprint density at radius 2 is 2.18 bits per heavy atom. The normalized spacial score (nSPS) is 13.7. The van der Waals surface area contributed by atoms with Crippen LogP contribution in [0.4, 0.5) is 10.8 Å². The number of carbonyl (C=O) groups excluding carboxylic acids is 2. The summed E-state index contributed by atoms with van der Waals surface area (Å²) in [6.07, 6.45) is 1.12. The first kappa shape index (κ1) is 14.7. The molecular formula is C16H17N3O2S. The van der Waals surface area contributed by atoms with Crippen molar-refractivity contribution in [3.05, 3.63) is 40.4 Å². The van der Waals surface area contributed by atoms with Crippen molar-refractivity contribution >= 4 is 34.0 Å². The van der Waals surface area contributed by atoms with E-state index in [0.717, 1.165) is 16.9 Å². The number of aryl methyl sites for hydroxylation is 1. The zero-order valence-corrected chi connectivity index (χ0v) is 13.3. The summed E-state index contributed by atoms with van der Waals surface area (Å²) < 4.78 is 0. The van der Waals surface area contributed by atoms with Crippen LogP contribution in [-0.4, -0.2) is 16.8 Å². The molecule has 1 aromatic heterocycles. The molecule has 0 aliphatic carbocycles. The van der Waals surface area contributed by atoms with Crippen LogP contribution in [0.15, 0.2) is 23.6 Å². The fourth-order valence-electron chi connectivity index (χ4n) is 2.30. The molecule has 0 unspecified atom stereocenters. The maximum atomic E-state index is 12.3. The highest BCUT2D eigenvalue weighted by Gasteiger charge is 2.17. The fraction of sp³-hybridized carbons (Fsp3) is 0.312. The van der Waals surface area contributed by atoms with E-state index in [0.29, 0.717) is 29.5 Å². The standard InChI is InChI=1S/C16H17N3O2S/c1-9(2)13-8-22-16(18-13)19-15(21)11-3-5-12-10(7-11)4-6-14(20)17-12/h3,5,7-9H,4,6H2,1-2H3,(H,17,20)(H,18,19,21). The first-order valence-electron chi connectivity index (χ1n) is 7.22. The minimum Gasteiger partial charge on any atom is -0.326 e. The lowest BCUT2D eigenvalue weighted by Gasteiger charge is -2.17. The SMILES string of the molecule is CC(C)c1csc(NC(=O)c2ccc3c(c2)CCC(=O)N3)n1. The second kappa shape index (κ2) is 5.88. The molecule has 0 radical (unpaired) electrons. The van der Waals surface area contributed by atoms with Crippen LogP contribution in [0.3, 0.4) is 0 Å². The van der Waals surface area contributed by atoms with Gasteiger partial charge in [-0.25, -0.2) is 4.98 Å². The van der Waals surface area contributed by atoms with Crippen molar-refractivity contribution in [3.63, 3.8) is 0 Å². The Morgan fingerprint density at radius 3 is 2.91 bits per heavy atom. The van der Waals surface area contributed by atoms with Gasteiger partial charge in [0.05, 0.1) is 5.69 Å². The van der Waals surface area contributed by atoms with E-state index < -0.39 is 0 Å². The van der Waals surface area contributed by atoms with Crippen LogP contribution in [0.25, 0.3) is 0 Å². The van der Waals surface area contributed by atoms with Gasteiger partial charge in [0.15, 0.2) is 5.13 Å². The number of fused-ring (bicyclic) bond motifs is 1. The molecule has 0 fully saturated rings. The Balaban J connectivity index is 1.76. The number of rotatable bonds is 3. The molecular weight excluding hydrogens is 298 g/mol. The number of benzene rings is 1. The molecule has 22 heavy (non-hydrogen) atoms. The third-order valence-corrected chi connectivity index (χ3v) is 4.37. The number of anilines is 2. The lowest BCUT2D eigenvalue weighted by atomic mass is 10.0. The Kier molecular flexibility index (Phi) is 3.94. The first-order chi connectivity index (χ1) is 10.5. The van der Waals surface area contributed by atoms with Crippen molar-refractivity contribution in [2.45, 2.75) is 32.6 Å². The average Bonchev–Trinajstić information content (AvgIpc) is 2.95. The van der Waals surface area contributed by atoms with Crippen molar-refractivity contribution in [2.75, 3.05) is 10.6 Å². The summed E-state index contributed by atoms with van der Waals surface area (Å²) in [5.41, 5.74) is 3.35. The van der Waals surface area contributed by atoms with Crippen LogP contribution in [0.5, 0.6) is 0 Å². The number of amides is 2. The van der Waals surface area contributed by atoms with Crippen molar-refractivity contribution in [1.82, 2.24) is 4.98 Å². The minimum absolute atomic E-state index is 0.0219. The molecule has 5 nitrogen and oxygen atoms in total.